The minimum Gasteiger partial charge on any atom is -0.450 e. The highest BCUT2D eigenvalue weighted by molar-refractivity contribution is 5.68. The third-order valence-corrected chi connectivity index (χ3v) is 4.12. The van der Waals surface area contributed by atoms with Crippen LogP contribution in [0.5, 0.6) is 0 Å². The highest BCUT2D eigenvalue weighted by atomic mass is 16.6. The number of nitrogens with one attached hydrogen (secondary N) is 1. The van der Waals surface area contributed by atoms with Gasteiger partial charge in [-0.25, -0.2) is 19.3 Å². The summed E-state index contributed by atoms with van der Waals surface area (Å²) >= 11 is 0. The summed E-state index contributed by atoms with van der Waals surface area (Å²) in [6.45, 7) is 6.77. The molecule has 0 bridgehead atoms. The van der Waals surface area contributed by atoms with E-state index in [0.29, 0.717) is 25.5 Å². The van der Waals surface area contributed by atoms with Gasteiger partial charge in [0.1, 0.15) is 5.82 Å². The van der Waals surface area contributed by atoms with Crippen molar-refractivity contribution < 1.29 is 9.53 Å². The summed E-state index contributed by atoms with van der Waals surface area (Å²) in [4.78, 5) is 27.4. The first-order valence-corrected chi connectivity index (χ1v) is 8.01. The Morgan fingerprint density at radius 1 is 1.17 bits per heavy atom. The lowest BCUT2D eigenvalue weighted by atomic mass is 10.2. The average molecular weight is 331 g/mol. The van der Waals surface area contributed by atoms with E-state index in [-0.39, 0.29) is 11.8 Å². The summed E-state index contributed by atoms with van der Waals surface area (Å²) in [6, 6.07) is 7.76. The van der Waals surface area contributed by atoms with Crippen LogP contribution in [0.3, 0.4) is 0 Å². The van der Waals surface area contributed by atoms with E-state index in [1.165, 1.54) is 4.57 Å². The maximum atomic E-state index is 11.8. The number of nitrogens with zero attached hydrogens (tertiary/aromatic N) is 4. The number of amides is 1. The van der Waals surface area contributed by atoms with Gasteiger partial charge in [0, 0.05) is 31.9 Å². The summed E-state index contributed by atoms with van der Waals surface area (Å²) in [6.07, 6.45) is -0.248. The first-order valence-electron chi connectivity index (χ1n) is 8.01. The molecule has 1 amide bonds. The third-order valence-electron chi connectivity index (χ3n) is 4.12. The van der Waals surface area contributed by atoms with Crippen LogP contribution in [0, 0.1) is 6.92 Å². The number of benzene rings is 1. The molecule has 3 rings (SSSR count). The molecule has 128 valence electrons. The quantitative estimate of drug-likeness (QED) is 0.912. The topological polar surface area (TPSA) is 83.5 Å². The zero-order chi connectivity index (χ0) is 17.1. The summed E-state index contributed by atoms with van der Waals surface area (Å²) in [5.41, 5.74) is 1.60. The number of rotatable bonds is 3. The lowest BCUT2D eigenvalue weighted by molar-refractivity contribution is 0.105. The summed E-state index contributed by atoms with van der Waals surface area (Å²) in [7, 11) is 0. The molecule has 1 aliphatic rings. The molecule has 2 aromatic rings. The molecule has 0 spiro atoms. The third kappa shape index (κ3) is 3.12. The molecule has 2 heterocycles. The molecular formula is C16H21N5O3. The SMILES string of the molecule is CCOC(=O)N1CCN(c2ccc(-n3c(C)n[nH]c3=O)cc2)CC1. The normalized spacial score (nSPS) is 14.8. The van der Waals surface area contributed by atoms with E-state index < -0.39 is 0 Å². The second-order valence-electron chi connectivity index (χ2n) is 5.60. The van der Waals surface area contributed by atoms with Gasteiger partial charge in [0.2, 0.25) is 0 Å². The van der Waals surface area contributed by atoms with Gasteiger partial charge in [0.25, 0.3) is 0 Å². The van der Waals surface area contributed by atoms with Crippen molar-refractivity contribution in [2.75, 3.05) is 37.7 Å². The fraction of sp³-hybridized carbons (Fsp3) is 0.438. The maximum absolute atomic E-state index is 11.8. The Bertz CT molecular complexity index is 757. The highest BCUT2D eigenvalue weighted by Crippen LogP contribution is 2.19. The smallest absolute Gasteiger partial charge is 0.409 e. The van der Waals surface area contributed by atoms with Gasteiger partial charge < -0.3 is 14.5 Å². The predicted molar refractivity (Wildman–Crippen MR) is 89.7 cm³/mol. The van der Waals surface area contributed by atoms with E-state index in [9.17, 15) is 9.59 Å². The van der Waals surface area contributed by atoms with E-state index in [2.05, 4.69) is 15.1 Å². The average Bonchev–Trinajstić information content (AvgIpc) is 2.94. The number of aromatic nitrogens is 3. The summed E-state index contributed by atoms with van der Waals surface area (Å²) in [5, 5.41) is 6.35. The Kier molecular flexibility index (Phi) is 4.54. The highest BCUT2D eigenvalue weighted by Gasteiger charge is 2.22. The number of hydrogen-bond donors (Lipinski definition) is 1. The van der Waals surface area contributed by atoms with Gasteiger partial charge >= 0.3 is 11.8 Å². The molecule has 24 heavy (non-hydrogen) atoms. The number of carbonyl (C=O) groups is 1. The molecule has 8 nitrogen and oxygen atoms in total. The molecule has 0 atom stereocenters. The van der Waals surface area contributed by atoms with Crippen LogP contribution >= 0.6 is 0 Å². The van der Waals surface area contributed by atoms with Gasteiger partial charge in [-0.1, -0.05) is 0 Å². The number of carbonyl (C=O) groups excluding carboxylic acids is 1. The van der Waals surface area contributed by atoms with E-state index in [4.69, 9.17) is 4.74 Å². The Hall–Kier alpha value is -2.77. The van der Waals surface area contributed by atoms with Gasteiger partial charge in [-0.2, -0.15) is 5.10 Å². The van der Waals surface area contributed by atoms with Gasteiger partial charge in [-0.3, -0.25) is 0 Å². The van der Waals surface area contributed by atoms with E-state index in [1.807, 2.05) is 31.2 Å². The molecular weight excluding hydrogens is 310 g/mol. The van der Waals surface area contributed by atoms with Crippen molar-refractivity contribution in [2.24, 2.45) is 0 Å². The van der Waals surface area contributed by atoms with Crippen LogP contribution < -0.4 is 10.6 Å². The van der Waals surface area contributed by atoms with Crippen molar-refractivity contribution in [1.82, 2.24) is 19.7 Å². The lowest BCUT2D eigenvalue weighted by Crippen LogP contribution is -2.49. The monoisotopic (exact) mass is 331 g/mol. The zero-order valence-corrected chi connectivity index (χ0v) is 13.9. The predicted octanol–water partition coefficient (Wildman–Crippen LogP) is 1.15. The molecule has 8 heteroatoms. The number of ether oxygens (including phenoxy) is 1. The largest absolute Gasteiger partial charge is 0.450 e. The summed E-state index contributed by atoms with van der Waals surface area (Å²) in [5.74, 6) is 0.621. The molecule has 0 saturated carbocycles. The number of piperazine rings is 1. The molecule has 1 N–H and O–H groups in total. The first kappa shape index (κ1) is 16.1. The van der Waals surface area contributed by atoms with Crippen molar-refractivity contribution in [1.29, 1.82) is 0 Å². The van der Waals surface area contributed by atoms with Crippen LogP contribution in [0.4, 0.5) is 10.5 Å². The molecule has 0 aliphatic carbocycles. The van der Waals surface area contributed by atoms with Gasteiger partial charge in [0.05, 0.1) is 12.3 Å². The lowest BCUT2D eigenvalue weighted by Gasteiger charge is -2.35. The van der Waals surface area contributed by atoms with E-state index in [1.54, 1.807) is 11.8 Å². The van der Waals surface area contributed by atoms with Crippen LogP contribution in [0.1, 0.15) is 12.7 Å². The second-order valence-corrected chi connectivity index (χ2v) is 5.60. The fourth-order valence-electron chi connectivity index (χ4n) is 2.85. The standard InChI is InChI=1S/C16H21N5O3/c1-3-24-16(23)20-10-8-19(9-11-20)13-4-6-14(7-5-13)21-12(2)17-18-15(21)22/h4-7H,3,8-11H2,1-2H3,(H,18,22). The maximum Gasteiger partial charge on any atom is 0.409 e. The minimum absolute atomic E-state index is 0.247. The Labute approximate surface area is 139 Å². The Morgan fingerprint density at radius 2 is 1.79 bits per heavy atom. The van der Waals surface area contributed by atoms with Crippen molar-refractivity contribution >= 4 is 11.8 Å². The van der Waals surface area contributed by atoms with Gasteiger partial charge in [0.15, 0.2) is 0 Å². The van der Waals surface area contributed by atoms with Crippen LogP contribution in [0.25, 0.3) is 5.69 Å². The zero-order valence-electron chi connectivity index (χ0n) is 13.9. The first-order chi connectivity index (χ1) is 11.6. The Morgan fingerprint density at radius 3 is 2.33 bits per heavy atom. The molecule has 1 fully saturated rings. The van der Waals surface area contributed by atoms with Crippen molar-refractivity contribution in [3.05, 3.63) is 40.6 Å². The number of aromatic amines is 1. The second kappa shape index (κ2) is 6.77. The van der Waals surface area contributed by atoms with Crippen LogP contribution in [-0.2, 0) is 4.74 Å². The van der Waals surface area contributed by atoms with Crippen molar-refractivity contribution in [2.45, 2.75) is 13.8 Å². The van der Waals surface area contributed by atoms with Crippen LogP contribution in [0.2, 0.25) is 0 Å². The summed E-state index contributed by atoms with van der Waals surface area (Å²) < 4.78 is 6.56. The van der Waals surface area contributed by atoms with Crippen LogP contribution in [0.15, 0.2) is 29.1 Å². The minimum atomic E-state index is -0.248. The van der Waals surface area contributed by atoms with Crippen molar-refractivity contribution in [3.8, 4) is 5.69 Å². The van der Waals surface area contributed by atoms with Crippen LogP contribution in [-0.4, -0.2) is 58.5 Å². The van der Waals surface area contributed by atoms with E-state index >= 15 is 0 Å². The molecule has 1 saturated heterocycles. The molecule has 1 aromatic heterocycles. The number of hydrogen-bond acceptors (Lipinski definition) is 5. The molecule has 0 unspecified atom stereocenters. The number of H-pyrrole nitrogens is 1. The van der Waals surface area contributed by atoms with Crippen molar-refractivity contribution in [3.63, 3.8) is 0 Å². The molecule has 1 aromatic carbocycles. The molecule has 0 radical (unpaired) electrons. The molecule has 1 aliphatic heterocycles. The fourth-order valence-corrected chi connectivity index (χ4v) is 2.85. The number of aryl methyl sites for hydroxylation is 1. The van der Waals surface area contributed by atoms with E-state index in [0.717, 1.165) is 24.5 Å². The van der Waals surface area contributed by atoms with Gasteiger partial charge in [-0.15, -0.1) is 0 Å². The van der Waals surface area contributed by atoms with Gasteiger partial charge in [-0.05, 0) is 38.1 Å². The number of anilines is 1. The Balaban J connectivity index is 1.67.